The molecule has 0 amide bonds. The molecule has 16 heavy (non-hydrogen) atoms. The van der Waals surface area contributed by atoms with Gasteiger partial charge >= 0.3 is 0 Å². The molecular weight excluding hydrogens is 266 g/mol. The van der Waals surface area contributed by atoms with Crippen molar-refractivity contribution in [3.63, 3.8) is 0 Å². The Hall–Kier alpha value is -0.350. The monoisotopic (exact) mass is 285 g/mol. The van der Waals surface area contributed by atoms with Gasteiger partial charge in [0.1, 0.15) is 0 Å². The van der Waals surface area contributed by atoms with Gasteiger partial charge in [-0.25, -0.2) is 0 Å². The van der Waals surface area contributed by atoms with E-state index in [1.807, 2.05) is 17.9 Å². The summed E-state index contributed by atoms with van der Waals surface area (Å²) in [5.74, 6) is 0.927. The molecule has 0 aromatic carbocycles. The Balaban J connectivity index is 2.09. The summed E-state index contributed by atoms with van der Waals surface area (Å²) in [5, 5.41) is 7.94. The molecule has 1 aliphatic rings. The lowest BCUT2D eigenvalue weighted by molar-refractivity contribution is 0.445. The summed E-state index contributed by atoms with van der Waals surface area (Å²) in [4.78, 5) is 0. The number of nitrogens with one attached hydrogen (secondary N) is 1. The Labute approximate surface area is 106 Å². The maximum absolute atomic E-state index is 4.30. The fourth-order valence-corrected chi connectivity index (χ4v) is 2.73. The van der Waals surface area contributed by atoms with Gasteiger partial charge in [-0.3, -0.25) is 4.68 Å². The maximum Gasteiger partial charge on any atom is 0.0692 e. The highest BCUT2D eigenvalue weighted by Crippen LogP contribution is 2.38. The Kier molecular flexibility index (Phi) is 4.03. The highest BCUT2D eigenvalue weighted by molar-refractivity contribution is 9.10. The van der Waals surface area contributed by atoms with Crippen LogP contribution in [-0.2, 0) is 7.05 Å². The minimum atomic E-state index is 0.453. The quantitative estimate of drug-likeness (QED) is 0.871. The van der Waals surface area contributed by atoms with Crippen molar-refractivity contribution in [1.82, 2.24) is 15.1 Å². The molecule has 1 aromatic heterocycles. The van der Waals surface area contributed by atoms with Gasteiger partial charge in [-0.2, -0.15) is 5.10 Å². The van der Waals surface area contributed by atoms with E-state index in [2.05, 4.69) is 33.3 Å². The summed E-state index contributed by atoms with van der Waals surface area (Å²) in [7, 11) is 2.02. The van der Waals surface area contributed by atoms with Crippen molar-refractivity contribution in [3.05, 3.63) is 16.4 Å². The van der Waals surface area contributed by atoms with Crippen LogP contribution in [0.5, 0.6) is 0 Å². The number of aromatic nitrogens is 2. The van der Waals surface area contributed by atoms with E-state index in [9.17, 15) is 0 Å². The highest BCUT2D eigenvalue weighted by atomic mass is 79.9. The van der Waals surface area contributed by atoms with Crippen LogP contribution in [0.15, 0.2) is 10.7 Å². The van der Waals surface area contributed by atoms with E-state index in [-0.39, 0.29) is 0 Å². The lowest BCUT2D eigenvalue weighted by Gasteiger charge is -2.19. The van der Waals surface area contributed by atoms with Crippen LogP contribution in [0, 0.1) is 5.92 Å². The molecule has 0 bridgehead atoms. The van der Waals surface area contributed by atoms with Gasteiger partial charge in [0, 0.05) is 7.05 Å². The molecule has 3 nitrogen and oxygen atoms in total. The van der Waals surface area contributed by atoms with Gasteiger partial charge in [-0.1, -0.05) is 19.8 Å². The van der Waals surface area contributed by atoms with Crippen LogP contribution in [0.25, 0.3) is 0 Å². The van der Waals surface area contributed by atoms with E-state index in [0.717, 1.165) is 16.9 Å². The third-order valence-electron chi connectivity index (χ3n) is 3.17. The molecule has 1 N–H and O–H groups in total. The first-order chi connectivity index (χ1) is 7.72. The summed E-state index contributed by atoms with van der Waals surface area (Å²) < 4.78 is 3.11. The first kappa shape index (κ1) is 12.1. The molecule has 1 fully saturated rings. The third kappa shape index (κ3) is 2.86. The van der Waals surface area contributed by atoms with Crippen molar-refractivity contribution in [2.45, 2.75) is 38.6 Å². The summed E-state index contributed by atoms with van der Waals surface area (Å²) in [6, 6.07) is 0.453. The first-order valence-corrected chi connectivity index (χ1v) is 6.92. The van der Waals surface area contributed by atoms with Crippen LogP contribution >= 0.6 is 15.9 Å². The Morgan fingerprint density at radius 3 is 2.88 bits per heavy atom. The molecule has 1 unspecified atom stereocenters. The summed E-state index contributed by atoms with van der Waals surface area (Å²) in [6.45, 7) is 3.29. The summed E-state index contributed by atoms with van der Waals surface area (Å²) in [6.07, 6.45) is 7.12. The van der Waals surface area contributed by atoms with Crippen LogP contribution < -0.4 is 5.32 Å². The third-order valence-corrected chi connectivity index (χ3v) is 3.79. The molecule has 1 heterocycles. The number of aryl methyl sites for hydroxylation is 1. The fraction of sp³-hybridized carbons (Fsp3) is 0.750. The van der Waals surface area contributed by atoms with Crippen LogP contribution in [0.2, 0.25) is 0 Å². The number of hydrogen-bond acceptors (Lipinski definition) is 2. The lowest BCUT2D eigenvalue weighted by Crippen LogP contribution is -2.25. The molecule has 90 valence electrons. The number of hydrogen-bond donors (Lipinski definition) is 1. The Bertz CT molecular complexity index is 325. The molecular formula is C12H20BrN3. The van der Waals surface area contributed by atoms with E-state index in [1.54, 1.807) is 0 Å². The summed E-state index contributed by atoms with van der Waals surface area (Å²) >= 11 is 3.60. The van der Waals surface area contributed by atoms with Crippen LogP contribution in [-0.4, -0.2) is 16.3 Å². The second-order valence-electron chi connectivity index (χ2n) is 4.69. The summed E-state index contributed by atoms with van der Waals surface area (Å²) in [5.41, 5.74) is 1.29. The number of nitrogens with zero attached hydrogens (tertiary/aromatic N) is 2. The van der Waals surface area contributed by atoms with Crippen molar-refractivity contribution in [3.8, 4) is 0 Å². The molecule has 1 atom stereocenters. The molecule has 0 aliphatic heterocycles. The van der Waals surface area contributed by atoms with E-state index in [4.69, 9.17) is 0 Å². The van der Waals surface area contributed by atoms with Gasteiger partial charge in [0.2, 0.25) is 0 Å². The van der Waals surface area contributed by atoms with Crippen molar-refractivity contribution in [1.29, 1.82) is 0 Å². The van der Waals surface area contributed by atoms with Gasteiger partial charge < -0.3 is 5.32 Å². The fourth-order valence-electron chi connectivity index (χ4n) is 2.11. The van der Waals surface area contributed by atoms with Gasteiger partial charge in [-0.05, 0) is 41.2 Å². The largest absolute Gasteiger partial charge is 0.309 e. The normalized spacial score (nSPS) is 17.7. The van der Waals surface area contributed by atoms with E-state index < -0.39 is 0 Å². The van der Waals surface area contributed by atoms with Crippen LogP contribution in [0.4, 0.5) is 0 Å². The molecule has 1 aliphatic carbocycles. The van der Waals surface area contributed by atoms with Crippen molar-refractivity contribution >= 4 is 15.9 Å². The van der Waals surface area contributed by atoms with Crippen LogP contribution in [0.3, 0.4) is 0 Å². The van der Waals surface area contributed by atoms with Gasteiger partial charge in [0.05, 0.1) is 22.4 Å². The van der Waals surface area contributed by atoms with E-state index in [0.29, 0.717) is 6.04 Å². The first-order valence-electron chi connectivity index (χ1n) is 6.13. The average Bonchev–Trinajstić information content (AvgIpc) is 3.01. The Morgan fingerprint density at radius 2 is 2.38 bits per heavy atom. The highest BCUT2D eigenvalue weighted by Gasteiger charge is 2.28. The topological polar surface area (TPSA) is 29.9 Å². The zero-order valence-corrected chi connectivity index (χ0v) is 11.6. The van der Waals surface area contributed by atoms with Crippen molar-refractivity contribution in [2.75, 3.05) is 6.54 Å². The van der Waals surface area contributed by atoms with Crippen molar-refractivity contribution < 1.29 is 0 Å². The maximum atomic E-state index is 4.30. The number of halogens is 1. The SMILES string of the molecule is CCCNC(CC1CC1)c1c(Br)cnn1C. The van der Waals surface area contributed by atoms with E-state index >= 15 is 0 Å². The molecule has 0 saturated heterocycles. The molecule has 1 saturated carbocycles. The molecule has 1 aromatic rings. The molecule has 4 heteroatoms. The molecule has 0 spiro atoms. The zero-order valence-electron chi connectivity index (χ0n) is 10.0. The predicted molar refractivity (Wildman–Crippen MR) is 69.3 cm³/mol. The molecule has 2 rings (SSSR count). The second kappa shape index (κ2) is 5.32. The molecule has 0 radical (unpaired) electrons. The van der Waals surface area contributed by atoms with Gasteiger partial charge in [-0.15, -0.1) is 0 Å². The minimum Gasteiger partial charge on any atom is -0.309 e. The standard InChI is InChI=1S/C12H20BrN3/c1-3-6-14-11(7-9-4-5-9)12-10(13)8-15-16(12)2/h8-9,11,14H,3-7H2,1-2H3. The zero-order chi connectivity index (χ0) is 11.5. The van der Waals surface area contributed by atoms with Crippen LogP contribution in [0.1, 0.15) is 44.3 Å². The lowest BCUT2D eigenvalue weighted by atomic mass is 10.1. The minimum absolute atomic E-state index is 0.453. The number of rotatable bonds is 6. The predicted octanol–water partition coefficient (Wildman–Crippen LogP) is 3.02. The van der Waals surface area contributed by atoms with Gasteiger partial charge in [0.15, 0.2) is 0 Å². The van der Waals surface area contributed by atoms with E-state index in [1.165, 1.54) is 31.4 Å². The second-order valence-corrected chi connectivity index (χ2v) is 5.54. The Morgan fingerprint density at radius 1 is 1.62 bits per heavy atom. The smallest absolute Gasteiger partial charge is 0.0692 e. The average molecular weight is 286 g/mol. The van der Waals surface area contributed by atoms with Crippen molar-refractivity contribution in [2.24, 2.45) is 13.0 Å². The van der Waals surface area contributed by atoms with Gasteiger partial charge in [0.25, 0.3) is 0 Å².